The highest BCUT2D eigenvalue weighted by Crippen LogP contribution is 2.19. The summed E-state index contributed by atoms with van der Waals surface area (Å²) in [5, 5.41) is 18.9. The number of aryl methyl sites for hydroxylation is 1. The van der Waals surface area contributed by atoms with Crippen LogP contribution in [0.15, 0.2) is 59.4 Å². The first-order chi connectivity index (χ1) is 17.5. The van der Waals surface area contributed by atoms with Gasteiger partial charge in [-0.05, 0) is 48.7 Å². The molecule has 1 aliphatic rings. The first-order valence-corrected chi connectivity index (χ1v) is 12.3. The van der Waals surface area contributed by atoms with Crippen LogP contribution in [0.2, 0.25) is 0 Å². The summed E-state index contributed by atoms with van der Waals surface area (Å²) in [5.74, 6) is 1.34. The molecule has 5 rings (SSSR count). The maximum atomic E-state index is 13.6. The Morgan fingerprint density at radius 1 is 1.08 bits per heavy atom. The number of hydrogen-bond donors (Lipinski definition) is 0. The van der Waals surface area contributed by atoms with Gasteiger partial charge in [0.1, 0.15) is 27.9 Å². The maximum Gasteiger partial charge on any atom is 0.387 e. The van der Waals surface area contributed by atoms with Gasteiger partial charge in [0.15, 0.2) is 5.82 Å². The topological polar surface area (TPSA) is 85.7 Å². The first-order valence-electron chi connectivity index (χ1n) is 11.5. The van der Waals surface area contributed by atoms with E-state index in [1.165, 1.54) is 28.0 Å². The van der Waals surface area contributed by atoms with Crippen LogP contribution in [0.5, 0.6) is 5.75 Å². The molecule has 0 aliphatic carbocycles. The quantitative estimate of drug-likeness (QED) is 0.415. The van der Waals surface area contributed by atoms with Crippen LogP contribution in [-0.2, 0) is 13.0 Å². The van der Waals surface area contributed by atoms with Gasteiger partial charge in [-0.2, -0.15) is 14.0 Å². The predicted molar refractivity (Wildman–Crippen MR) is 132 cm³/mol. The van der Waals surface area contributed by atoms with Crippen molar-refractivity contribution in [3.05, 3.63) is 91.4 Å². The van der Waals surface area contributed by atoms with Crippen LogP contribution in [-0.4, -0.2) is 25.9 Å². The molecule has 2 aromatic carbocycles. The van der Waals surface area contributed by atoms with E-state index in [1.54, 1.807) is 30.3 Å². The van der Waals surface area contributed by atoms with Crippen molar-refractivity contribution in [3.8, 4) is 17.5 Å². The van der Waals surface area contributed by atoms with Crippen LogP contribution in [0.4, 0.5) is 8.78 Å². The highest BCUT2D eigenvalue weighted by molar-refractivity contribution is 7.07. The number of hydrogen-bond acceptors (Lipinski definition) is 6. The Morgan fingerprint density at radius 2 is 1.86 bits per heavy atom. The molecule has 0 saturated heterocycles. The smallest absolute Gasteiger partial charge is 0.387 e. The van der Waals surface area contributed by atoms with Crippen molar-refractivity contribution >= 4 is 23.0 Å². The number of halogens is 2. The molecule has 0 fully saturated rings. The van der Waals surface area contributed by atoms with Crippen LogP contribution in [0.25, 0.3) is 17.3 Å². The highest BCUT2D eigenvalue weighted by atomic mass is 32.1. The maximum absolute atomic E-state index is 13.6. The molecule has 36 heavy (non-hydrogen) atoms. The summed E-state index contributed by atoms with van der Waals surface area (Å²) in [6.07, 6.45) is 5.54. The van der Waals surface area contributed by atoms with Crippen molar-refractivity contribution in [1.82, 2.24) is 19.3 Å². The van der Waals surface area contributed by atoms with Crippen molar-refractivity contribution in [1.29, 1.82) is 5.26 Å². The first kappa shape index (κ1) is 23.6. The Hall–Kier alpha value is -4.10. The molecule has 10 heteroatoms. The summed E-state index contributed by atoms with van der Waals surface area (Å²) in [4.78, 5) is 13.6. The second-order valence-electron chi connectivity index (χ2n) is 8.23. The molecule has 2 aromatic heterocycles. The lowest BCUT2D eigenvalue weighted by Gasteiger charge is -2.07. The SMILES string of the molecule is N#C/C(c1nnc2n1CCCCC2)=c1\s/c(=C/c2ccc(OC(F)F)cc2)c(=O)n1-c1ccccc1. The molecular formula is C26H21F2N5O2S. The lowest BCUT2D eigenvalue weighted by molar-refractivity contribution is -0.0498. The minimum atomic E-state index is -2.91. The zero-order valence-electron chi connectivity index (χ0n) is 19.1. The molecule has 0 amide bonds. The van der Waals surface area contributed by atoms with Gasteiger partial charge < -0.3 is 9.30 Å². The molecule has 182 valence electrons. The summed E-state index contributed by atoms with van der Waals surface area (Å²) in [6, 6.07) is 17.4. The molecule has 0 spiro atoms. The lowest BCUT2D eigenvalue weighted by atomic mass is 10.2. The van der Waals surface area contributed by atoms with E-state index in [1.807, 2.05) is 22.8 Å². The van der Waals surface area contributed by atoms with Gasteiger partial charge in [0.2, 0.25) is 0 Å². The van der Waals surface area contributed by atoms with Crippen LogP contribution >= 0.6 is 11.3 Å². The summed E-state index contributed by atoms with van der Waals surface area (Å²) in [7, 11) is 0. The summed E-state index contributed by atoms with van der Waals surface area (Å²) in [6.45, 7) is -2.19. The van der Waals surface area contributed by atoms with E-state index in [-0.39, 0.29) is 16.9 Å². The fourth-order valence-electron chi connectivity index (χ4n) is 4.22. The van der Waals surface area contributed by atoms with Gasteiger partial charge in [0, 0.05) is 13.0 Å². The second kappa shape index (κ2) is 10.3. The average molecular weight is 506 g/mol. The predicted octanol–water partition coefficient (Wildman–Crippen LogP) is 3.37. The summed E-state index contributed by atoms with van der Waals surface area (Å²) in [5.41, 5.74) is 1.24. The summed E-state index contributed by atoms with van der Waals surface area (Å²) >= 11 is 1.18. The number of fused-ring (bicyclic) bond motifs is 1. The summed E-state index contributed by atoms with van der Waals surface area (Å²) < 4.78 is 33.7. The molecule has 4 aromatic rings. The number of aromatic nitrogens is 4. The molecule has 0 saturated carbocycles. The van der Waals surface area contributed by atoms with Crippen LogP contribution in [0, 0.1) is 11.3 Å². The Labute approximate surface area is 208 Å². The van der Waals surface area contributed by atoms with Gasteiger partial charge in [0.05, 0.1) is 10.2 Å². The third kappa shape index (κ3) is 4.70. The van der Waals surface area contributed by atoms with Gasteiger partial charge in [-0.25, -0.2) is 0 Å². The normalized spacial score (nSPS) is 14.8. The van der Waals surface area contributed by atoms with Gasteiger partial charge >= 0.3 is 6.61 Å². The monoisotopic (exact) mass is 505 g/mol. The number of nitriles is 1. The molecular weight excluding hydrogens is 484 g/mol. The molecule has 0 unspecified atom stereocenters. The van der Waals surface area contributed by atoms with E-state index < -0.39 is 6.61 Å². The van der Waals surface area contributed by atoms with E-state index >= 15 is 0 Å². The zero-order valence-corrected chi connectivity index (χ0v) is 19.9. The van der Waals surface area contributed by atoms with E-state index in [0.29, 0.717) is 26.3 Å². The van der Waals surface area contributed by atoms with E-state index in [4.69, 9.17) is 0 Å². The van der Waals surface area contributed by atoms with Crippen LogP contribution < -0.4 is 19.5 Å². The van der Waals surface area contributed by atoms with Gasteiger partial charge in [-0.15, -0.1) is 21.5 Å². The Balaban J connectivity index is 1.73. The molecule has 0 atom stereocenters. The number of para-hydroxylation sites is 1. The molecule has 7 nitrogen and oxygen atoms in total. The number of thiazole rings is 1. The van der Waals surface area contributed by atoms with Crippen molar-refractivity contribution in [2.75, 3.05) is 0 Å². The number of alkyl halides is 2. The van der Waals surface area contributed by atoms with Gasteiger partial charge in [0.25, 0.3) is 5.56 Å². The zero-order chi connectivity index (χ0) is 25.1. The molecule has 0 radical (unpaired) electrons. The lowest BCUT2D eigenvalue weighted by Crippen LogP contribution is -2.31. The minimum Gasteiger partial charge on any atom is -0.435 e. The average Bonchev–Trinajstić information content (AvgIpc) is 3.32. The van der Waals surface area contributed by atoms with Crippen molar-refractivity contribution in [2.24, 2.45) is 0 Å². The third-order valence-corrected chi connectivity index (χ3v) is 6.99. The largest absolute Gasteiger partial charge is 0.435 e. The van der Waals surface area contributed by atoms with Gasteiger partial charge in [-0.1, -0.05) is 36.8 Å². The highest BCUT2D eigenvalue weighted by Gasteiger charge is 2.21. The van der Waals surface area contributed by atoms with Crippen molar-refractivity contribution < 1.29 is 13.5 Å². The van der Waals surface area contributed by atoms with Gasteiger partial charge in [-0.3, -0.25) is 9.36 Å². The molecule has 0 N–H and O–H groups in total. The number of rotatable bonds is 5. The van der Waals surface area contributed by atoms with Crippen LogP contribution in [0.1, 0.15) is 36.5 Å². The van der Waals surface area contributed by atoms with Crippen LogP contribution in [0.3, 0.4) is 0 Å². The number of ether oxygens (including phenoxy) is 1. The van der Waals surface area contributed by atoms with E-state index in [2.05, 4.69) is 21.0 Å². The standard InChI is InChI=1S/C26H21F2N5O2S/c27-26(28)35-19-12-10-17(11-13-19)15-21-24(34)33(18-7-3-1-4-8-18)25(36-21)20(16-29)23-31-30-22-9-5-2-6-14-32(22)23/h1,3-4,7-8,10-13,15,26H,2,5-6,9,14H2/b21-15+,25-20+. The molecule has 3 heterocycles. The minimum absolute atomic E-state index is 0.0308. The van der Waals surface area contributed by atoms with Crippen molar-refractivity contribution in [3.63, 3.8) is 0 Å². The number of benzene rings is 2. The van der Waals surface area contributed by atoms with E-state index in [0.717, 1.165) is 38.1 Å². The number of nitrogens with zero attached hydrogens (tertiary/aromatic N) is 5. The third-order valence-electron chi connectivity index (χ3n) is 5.90. The Kier molecular flexibility index (Phi) is 6.73. The molecule has 0 bridgehead atoms. The molecule has 1 aliphatic heterocycles. The Bertz CT molecular complexity index is 1600. The van der Waals surface area contributed by atoms with E-state index in [9.17, 15) is 18.8 Å². The Morgan fingerprint density at radius 3 is 2.58 bits per heavy atom. The second-order valence-corrected chi connectivity index (χ2v) is 9.26. The fourth-order valence-corrected chi connectivity index (χ4v) is 5.32. The fraction of sp³-hybridized carbons (Fsp3) is 0.231. The van der Waals surface area contributed by atoms with Crippen molar-refractivity contribution in [2.45, 2.75) is 38.8 Å².